The van der Waals surface area contributed by atoms with Crippen LogP contribution in [0.4, 0.5) is 14.7 Å². The molecule has 3 rings (SSSR count). The molecule has 1 amide bonds. The van der Waals surface area contributed by atoms with Crippen molar-refractivity contribution in [1.82, 2.24) is 15.2 Å². The van der Waals surface area contributed by atoms with Crippen molar-refractivity contribution in [3.63, 3.8) is 0 Å². The van der Waals surface area contributed by atoms with Crippen LogP contribution in [0.15, 0.2) is 47.6 Å². The fourth-order valence-corrected chi connectivity index (χ4v) is 2.82. The van der Waals surface area contributed by atoms with Crippen LogP contribution in [-0.2, 0) is 5.75 Å². The van der Waals surface area contributed by atoms with Gasteiger partial charge in [0.25, 0.3) is 5.91 Å². The lowest BCUT2D eigenvalue weighted by Crippen LogP contribution is -2.14. The van der Waals surface area contributed by atoms with Crippen molar-refractivity contribution in [2.24, 2.45) is 0 Å². The van der Waals surface area contributed by atoms with E-state index in [9.17, 15) is 13.6 Å². The van der Waals surface area contributed by atoms with E-state index in [2.05, 4.69) is 20.5 Å². The van der Waals surface area contributed by atoms with Gasteiger partial charge in [0, 0.05) is 16.8 Å². The molecule has 25 heavy (non-hydrogen) atoms. The third-order valence-corrected chi connectivity index (χ3v) is 4.32. The highest BCUT2D eigenvalue weighted by Gasteiger charge is 2.14. The molecule has 0 saturated heterocycles. The molecule has 0 unspecified atom stereocenters. The van der Waals surface area contributed by atoms with E-state index in [4.69, 9.17) is 11.6 Å². The Morgan fingerprint density at radius 2 is 1.96 bits per heavy atom. The highest BCUT2D eigenvalue weighted by molar-refractivity contribution is 7.98. The summed E-state index contributed by atoms with van der Waals surface area (Å²) in [5.74, 6) is -1.76. The number of amides is 1. The molecule has 0 atom stereocenters. The topological polar surface area (TPSA) is 70.7 Å². The molecule has 2 aromatic carbocycles. The molecule has 0 bridgehead atoms. The van der Waals surface area contributed by atoms with Crippen LogP contribution in [0.3, 0.4) is 0 Å². The van der Waals surface area contributed by atoms with Gasteiger partial charge in [-0.1, -0.05) is 35.5 Å². The SMILES string of the molecule is O=C(Nc1nc(SCc2ccc(Cl)cc2)n[nH]1)c1ccc(F)cc1F. The summed E-state index contributed by atoms with van der Waals surface area (Å²) in [6.07, 6.45) is 0. The average molecular weight is 381 g/mol. The van der Waals surface area contributed by atoms with Crippen LogP contribution in [-0.4, -0.2) is 21.1 Å². The molecule has 0 aliphatic heterocycles. The van der Waals surface area contributed by atoms with Gasteiger partial charge in [-0.3, -0.25) is 10.1 Å². The number of H-pyrrole nitrogens is 1. The molecule has 5 nitrogen and oxygen atoms in total. The van der Waals surface area contributed by atoms with Crippen molar-refractivity contribution >= 4 is 35.2 Å². The zero-order valence-electron chi connectivity index (χ0n) is 12.6. The Morgan fingerprint density at radius 3 is 2.68 bits per heavy atom. The minimum Gasteiger partial charge on any atom is -0.291 e. The Balaban J connectivity index is 1.61. The van der Waals surface area contributed by atoms with Gasteiger partial charge in [-0.25, -0.2) is 13.9 Å². The minimum atomic E-state index is -0.950. The fourth-order valence-electron chi connectivity index (χ4n) is 1.94. The normalized spacial score (nSPS) is 10.7. The second kappa shape index (κ2) is 7.62. The highest BCUT2D eigenvalue weighted by Crippen LogP contribution is 2.21. The van der Waals surface area contributed by atoms with Gasteiger partial charge in [-0.05, 0) is 29.8 Å². The van der Waals surface area contributed by atoms with Crippen LogP contribution < -0.4 is 5.32 Å². The van der Waals surface area contributed by atoms with Gasteiger partial charge in [0.2, 0.25) is 11.1 Å². The van der Waals surface area contributed by atoms with Crippen LogP contribution in [0, 0.1) is 11.6 Å². The van der Waals surface area contributed by atoms with Gasteiger partial charge in [0.15, 0.2) is 0 Å². The van der Waals surface area contributed by atoms with E-state index in [1.54, 1.807) is 12.1 Å². The van der Waals surface area contributed by atoms with Gasteiger partial charge in [-0.15, -0.1) is 5.10 Å². The molecule has 0 saturated carbocycles. The summed E-state index contributed by atoms with van der Waals surface area (Å²) in [5.41, 5.74) is 0.756. The van der Waals surface area contributed by atoms with Gasteiger partial charge in [0.1, 0.15) is 11.6 Å². The van der Waals surface area contributed by atoms with Crippen molar-refractivity contribution in [3.8, 4) is 0 Å². The van der Waals surface area contributed by atoms with Crippen molar-refractivity contribution in [3.05, 3.63) is 70.2 Å². The van der Waals surface area contributed by atoms with E-state index in [0.717, 1.165) is 17.7 Å². The summed E-state index contributed by atoms with van der Waals surface area (Å²) in [6.45, 7) is 0. The molecule has 3 aromatic rings. The average Bonchev–Trinajstić information content (AvgIpc) is 3.01. The summed E-state index contributed by atoms with van der Waals surface area (Å²) >= 11 is 7.18. The van der Waals surface area contributed by atoms with Gasteiger partial charge < -0.3 is 0 Å². The predicted octanol–water partition coefficient (Wildman–Crippen LogP) is 4.28. The van der Waals surface area contributed by atoms with Crippen LogP contribution in [0.2, 0.25) is 5.02 Å². The number of nitrogens with one attached hydrogen (secondary N) is 2. The van der Waals surface area contributed by atoms with E-state index < -0.39 is 17.5 Å². The van der Waals surface area contributed by atoms with Crippen LogP contribution >= 0.6 is 23.4 Å². The van der Waals surface area contributed by atoms with E-state index >= 15 is 0 Å². The molecular weight excluding hydrogens is 370 g/mol. The van der Waals surface area contributed by atoms with E-state index in [-0.39, 0.29) is 11.5 Å². The van der Waals surface area contributed by atoms with E-state index in [1.165, 1.54) is 11.8 Å². The predicted molar refractivity (Wildman–Crippen MR) is 91.7 cm³/mol. The molecule has 1 aromatic heterocycles. The summed E-state index contributed by atoms with van der Waals surface area (Å²) in [6, 6.07) is 10.1. The molecule has 0 aliphatic rings. The van der Waals surface area contributed by atoms with Crippen molar-refractivity contribution in [2.45, 2.75) is 10.9 Å². The molecule has 2 N–H and O–H groups in total. The first kappa shape index (κ1) is 17.4. The Kier molecular flexibility index (Phi) is 5.30. The lowest BCUT2D eigenvalue weighted by atomic mass is 10.2. The van der Waals surface area contributed by atoms with Crippen LogP contribution in [0.25, 0.3) is 0 Å². The zero-order valence-corrected chi connectivity index (χ0v) is 14.2. The molecule has 1 heterocycles. The highest BCUT2D eigenvalue weighted by atomic mass is 35.5. The maximum atomic E-state index is 13.6. The standard InChI is InChI=1S/C16H11ClF2N4OS/c17-10-3-1-9(2-4-10)8-25-16-21-15(22-23-16)20-14(24)12-6-5-11(18)7-13(12)19/h1-7H,8H2,(H2,20,21,22,23,24). The first-order valence-electron chi connectivity index (χ1n) is 7.07. The number of benzene rings is 2. The lowest BCUT2D eigenvalue weighted by Gasteiger charge is -2.02. The molecular formula is C16H11ClF2N4OS. The minimum absolute atomic E-state index is 0.0762. The largest absolute Gasteiger partial charge is 0.291 e. The number of aromatic nitrogens is 3. The smallest absolute Gasteiger partial charge is 0.260 e. The number of carbonyl (C=O) groups is 1. The number of halogens is 3. The number of nitrogens with zero attached hydrogens (tertiary/aromatic N) is 2. The number of thioether (sulfide) groups is 1. The molecule has 0 spiro atoms. The van der Waals surface area contributed by atoms with Crippen LogP contribution in [0.5, 0.6) is 0 Å². The monoisotopic (exact) mass is 380 g/mol. The number of anilines is 1. The number of hydrogen-bond donors (Lipinski definition) is 2. The summed E-state index contributed by atoms with van der Waals surface area (Å²) in [5, 5.41) is 9.98. The number of hydrogen-bond acceptors (Lipinski definition) is 4. The van der Waals surface area contributed by atoms with Gasteiger partial charge in [0.05, 0.1) is 5.56 Å². The number of carbonyl (C=O) groups excluding carboxylic acids is 1. The molecule has 9 heteroatoms. The Morgan fingerprint density at radius 1 is 1.20 bits per heavy atom. The summed E-state index contributed by atoms with van der Waals surface area (Å²) < 4.78 is 26.5. The van der Waals surface area contributed by atoms with Crippen molar-refractivity contribution in [2.75, 3.05) is 5.32 Å². The number of aromatic amines is 1. The Bertz CT molecular complexity index is 901. The van der Waals surface area contributed by atoms with Gasteiger partial charge in [-0.2, -0.15) is 4.98 Å². The van der Waals surface area contributed by atoms with Crippen LogP contribution in [0.1, 0.15) is 15.9 Å². The molecule has 0 radical (unpaired) electrons. The summed E-state index contributed by atoms with van der Waals surface area (Å²) in [7, 11) is 0. The summed E-state index contributed by atoms with van der Waals surface area (Å²) in [4.78, 5) is 16.1. The first-order chi connectivity index (χ1) is 12.0. The van der Waals surface area contributed by atoms with Crippen molar-refractivity contribution in [1.29, 1.82) is 0 Å². The van der Waals surface area contributed by atoms with Crippen molar-refractivity contribution < 1.29 is 13.6 Å². The van der Waals surface area contributed by atoms with Gasteiger partial charge >= 0.3 is 0 Å². The van der Waals surface area contributed by atoms with E-state index in [0.29, 0.717) is 22.0 Å². The maximum Gasteiger partial charge on any atom is 0.260 e. The second-order valence-electron chi connectivity index (χ2n) is 4.96. The number of rotatable bonds is 5. The zero-order chi connectivity index (χ0) is 17.8. The molecule has 0 fully saturated rings. The lowest BCUT2D eigenvalue weighted by molar-refractivity contribution is 0.102. The Labute approximate surface area is 150 Å². The molecule has 128 valence electrons. The first-order valence-corrected chi connectivity index (χ1v) is 8.43. The second-order valence-corrected chi connectivity index (χ2v) is 6.34. The quantitative estimate of drug-likeness (QED) is 0.648. The third-order valence-electron chi connectivity index (χ3n) is 3.15. The van der Waals surface area contributed by atoms with E-state index in [1.807, 2.05) is 12.1 Å². The molecule has 0 aliphatic carbocycles. The Hall–Kier alpha value is -2.45. The fraction of sp³-hybridized carbons (Fsp3) is 0.0625. The third kappa shape index (κ3) is 4.55. The maximum absolute atomic E-state index is 13.6.